The minimum Gasteiger partial charge on any atom is -0.294 e. The maximum absolute atomic E-state index is 11.8. The molecule has 0 bridgehead atoms. The molecule has 1 aromatic carbocycles. The lowest BCUT2D eigenvalue weighted by Crippen LogP contribution is -2.22. The van der Waals surface area contributed by atoms with Gasteiger partial charge in [-0.05, 0) is 24.3 Å². The van der Waals surface area contributed by atoms with E-state index in [2.05, 4.69) is 4.90 Å². The number of nitrogens with zero attached hydrogens (tertiary/aromatic N) is 1. The van der Waals surface area contributed by atoms with Gasteiger partial charge in [0.2, 0.25) is 0 Å². The van der Waals surface area contributed by atoms with Crippen molar-refractivity contribution in [3.63, 3.8) is 0 Å². The lowest BCUT2D eigenvalue weighted by Gasteiger charge is -2.12. The fraction of sp³-hybridized carbons (Fsp3) is 0.417. The van der Waals surface area contributed by atoms with Gasteiger partial charge < -0.3 is 0 Å². The van der Waals surface area contributed by atoms with Gasteiger partial charge in [0.25, 0.3) is 0 Å². The van der Waals surface area contributed by atoms with Crippen LogP contribution in [0.4, 0.5) is 0 Å². The Balaban J connectivity index is 1.85. The summed E-state index contributed by atoms with van der Waals surface area (Å²) in [5.41, 5.74) is 0.760. The van der Waals surface area contributed by atoms with Crippen LogP contribution < -0.4 is 0 Å². The van der Waals surface area contributed by atoms with Crippen LogP contribution in [0.5, 0.6) is 0 Å². The zero-order chi connectivity index (χ0) is 11.4. The van der Waals surface area contributed by atoms with Crippen molar-refractivity contribution in [2.75, 3.05) is 24.7 Å². The SMILES string of the molecule is O=C(CCN1CCSC1)c1ccc(Cl)cc1. The van der Waals surface area contributed by atoms with Gasteiger partial charge in [0.05, 0.1) is 0 Å². The van der Waals surface area contributed by atoms with Crippen LogP contribution in [-0.4, -0.2) is 35.4 Å². The first kappa shape index (κ1) is 12.0. The maximum Gasteiger partial charge on any atom is 0.164 e. The molecule has 1 aliphatic heterocycles. The molecule has 1 saturated heterocycles. The van der Waals surface area contributed by atoms with Gasteiger partial charge in [-0.1, -0.05) is 11.6 Å². The Hall–Kier alpha value is -0.510. The molecule has 2 rings (SSSR count). The van der Waals surface area contributed by atoms with Crippen molar-refractivity contribution in [1.29, 1.82) is 0 Å². The van der Waals surface area contributed by atoms with Crippen LogP contribution in [0.25, 0.3) is 0 Å². The van der Waals surface area contributed by atoms with Crippen LogP contribution in [0.3, 0.4) is 0 Å². The fourth-order valence-electron chi connectivity index (χ4n) is 1.67. The number of thioether (sulfide) groups is 1. The Labute approximate surface area is 105 Å². The third-order valence-electron chi connectivity index (χ3n) is 2.65. The van der Waals surface area contributed by atoms with Crippen molar-refractivity contribution in [2.24, 2.45) is 0 Å². The van der Waals surface area contributed by atoms with Gasteiger partial charge in [0.15, 0.2) is 5.78 Å². The highest BCUT2D eigenvalue weighted by Crippen LogP contribution is 2.15. The number of rotatable bonds is 4. The third kappa shape index (κ3) is 3.24. The number of hydrogen-bond acceptors (Lipinski definition) is 3. The first-order chi connectivity index (χ1) is 7.75. The zero-order valence-corrected chi connectivity index (χ0v) is 10.6. The molecule has 0 N–H and O–H groups in total. The largest absolute Gasteiger partial charge is 0.294 e. The summed E-state index contributed by atoms with van der Waals surface area (Å²) in [6.07, 6.45) is 0.599. The van der Waals surface area contributed by atoms with E-state index in [9.17, 15) is 4.79 Å². The molecule has 0 aromatic heterocycles. The number of carbonyl (C=O) groups excluding carboxylic acids is 1. The fourth-order valence-corrected chi connectivity index (χ4v) is 2.83. The smallest absolute Gasteiger partial charge is 0.164 e. The van der Waals surface area contributed by atoms with Crippen molar-refractivity contribution >= 4 is 29.1 Å². The van der Waals surface area contributed by atoms with Crippen molar-refractivity contribution < 1.29 is 4.79 Å². The zero-order valence-electron chi connectivity index (χ0n) is 8.99. The molecule has 0 spiro atoms. The maximum atomic E-state index is 11.8. The molecule has 0 unspecified atom stereocenters. The second-order valence-corrected chi connectivity index (χ2v) is 5.35. The molecule has 1 aliphatic rings. The lowest BCUT2D eigenvalue weighted by molar-refractivity contribution is 0.0970. The second-order valence-electron chi connectivity index (χ2n) is 3.84. The van der Waals surface area contributed by atoms with E-state index >= 15 is 0 Å². The number of carbonyl (C=O) groups is 1. The molecule has 1 aromatic rings. The van der Waals surface area contributed by atoms with Crippen LogP contribution in [0.2, 0.25) is 5.02 Å². The summed E-state index contributed by atoms with van der Waals surface area (Å²) >= 11 is 7.70. The Morgan fingerprint density at radius 3 is 2.75 bits per heavy atom. The van der Waals surface area contributed by atoms with E-state index in [1.165, 1.54) is 5.75 Å². The molecule has 0 saturated carbocycles. The highest BCUT2D eigenvalue weighted by atomic mass is 35.5. The number of Topliss-reactive ketones (excluding diaryl/α,β-unsaturated/α-hetero) is 1. The summed E-state index contributed by atoms with van der Waals surface area (Å²) < 4.78 is 0. The summed E-state index contributed by atoms with van der Waals surface area (Å²) in [5, 5.41) is 0.674. The number of ketones is 1. The molecule has 4 heteroatoms. The monoisotopic (exact) mass is 255 g/mol. The van der Waals surface area contributed by atoms with E-state index in [0.717, 1.165) is 24.5 Å². The van der Waals surface area contributed by atoms with Crippen LogP contribution in [0.15, 0.2) is 24.3 Å². The van der Waals surface area contributed by atoms with E-state index < -0.39 is 0 Å². The summed E-state index contributed by atoms with van der Waals surface area (Å²) in [6, 6.07) is 7.12. The van der Waals surface area contributed by atoms with Crippen LogP contribution >= 0.6 is 23.4 Å². The molecule has 0 amide bonds. The molecular formula is C12H14ClNOS. The normalized spacial score (nSPS) is 16.6. The quantitative estimate of drug-likeness (QED) is 0.772. The highest BCUT2D eigenvalue weighted by Gasteiger charge is 2.13. The van der Waals surface area contributed by atoms with Crippen LogP contribution in [0, 0.1) is 0 Å². The molecule has 1 fully saturated rings. The summed E-state index contributed by atoms with van der Waals surface area (Å²) in [7, 11) is 0. The van der Waals surface area contributed by atoms with Gasteiger partial charge in [-0.25, -0.2) is 0 Å². The minimum atomic E-state index is 0.202. The molecule has 0 atom stereocenters. The Morgan fingerprint density at radius 1 is 1.38 bits per heavy atom. The van der Waals surface area contributed by atoms with E-state index in [1.807, 2.05) is 11.8 Å². The molecule has 86 valence electrons. The molecule has 16 heavy (non-hydrogen) atoms. The average molecular weight is 256 g/mol. The van der Waals surface area contributed by atoms with E-state index in [4.69, 9.17) is 11.6 Å². The van der Waals surface area contributed by atoms with E-state index in [-0.39, 0.29) is 5.78 Å². The van der Waals surface area contributed by atoms with E-state index in [0.29, 0.717) is 11.4 Å². The van der Waals surface area contributed by atoms with Gasteiger partial charge in [-0.15, -0.1) is 11.8 Å². The summed E-state index contributed by atoms with van der Waals surface area (Å²) in [4.78, 5) is 14.2. The standard InChI is InChI=1S/C12H14ClNOS/c13-11-3-1-10(2-4-11)12(15)5-6-14-7-8-16-9-14/h1-4H,5-9H2. The van der Waals surface area contributed by atoms with Crippen LogP contribution in [0.1, 0.15) is 16.8 Å². The molecule has 2 nitrogen and oxygen atoms in total. The molecular weight excluding hydrogens is 242 g/mol. The topological polar surface area (TPSA) is 20.3 Å². The van der Waals surface area contributed by atoms with Crippen molar-refractivity contribution in [1.82, 2.24) is 4.90 Å². The van der Waals surface area contributed by atoms with Gasteiger partial charge in [-0.3, -0.25) is 9.69 Å². The molecule has 1 heterocycles. The highest BCUT2D eigenvalue weighted by molar-refractivity contribution is 7.99. The minimum absolute atomic E-state index is 0.202. The number of benzene rings is 1. The van der Waals surface area contributed by atoms with Gasteiger partial charge in [0.1, 0.15) is 0 Å². The predicted octanol–water partition coefficient (Wildman–Crippen LogP) is 2.92. The summed E-state index contributed by atoms with van der Waals surface area (Å²) in [6.45, 7) is 1.98. The number of hydrogen-bond donors (Lipinski definition) is 0. The molecule has 0 aliphatic carbocycles. The number of halogens is 1. The lowest BCUT2D eigenvalue weighted by atomic mass is 10.1. The van der Waals surface area contributed by atoms with Gasteiger partial charge >= 0.3 is 0 Å². The Bertz CT molecular complexity index is 360. The first-order valence-electron chi connectivity index (χ1n) is 5.34. The molecule has 0 radical (unpaired) electrons. The third-order valence-corrected chi connectivity index (χ3v) is 3.92. The van der Waals surface area contributed by atoms with Gasteiger partial charge in [0, 0.05) is 41.7 Å². The second kappa shape index (κ2) is 5.71. The Morgan fingerprint density at radius 2 is 2.12 bits per heavy atom. The Kier molecular flexibility index (Phi) is 4.27. The van der Waals surface area contributed by atoms with Gasteiger partial charge in [-0.2, -0.15) is 0 Å². The first-order valence-corrected chi connectivity index (χ1v) is 6.88. The van der Waals surface area contributed by atoms with Crippen molar-refractivity contribution in [3.8, 4) is 0 Å². The van der Waals surface area contributed by atoms with Crippen molar-refractivity contribution in [3.05, 3.63) is 34.9 Å². The van der Waals surface area contributed by atoms with E-state index in [1.54, 1.807) is 24.3 Å². The summed E-state index contributed by atoms with van der Waals surface area (Å²) in [5.74, 6) is 2.46. The average Bonchev–Trinajstić information content (AvgIpc) is 2.80. The van der Waals surface area contributed by atoms with Crippen molar-refractivity contribution in [2.45, 2.75) is 6.42 Å². The van der Waals surface area contributed by atoms with Crippen LogP contribution in [-0.2, 0) is 0 Å². The predicted molar refractivity (Wildman–Crippen MR) is 69.3 cm³/mol.